The van der Waals surface area contributed by atoms with Gasteiger partial charge < -0.3 is 155 Å². The van der Waals surface area contributed by atoms with Crippen LogP contribution in [-0.2, 0) is 76.1 Å². The molecule has 0 aromatic rings. The van der Waals surface area contributed by atoms with E-state index in [1.807, 2.05) is 0 Å². The third-order valence-corrected chi connectivity index (χ3v) is 18.6. The van der Waals surface area contributed by atoms with Crippen LogP contribution in [0.15, 0.2) is 12.2 Å². The van der Waals surface area contributed by atoms with Crippen molar-refractivity contribution in [3.63, 3.8) is 0 Å². The molecule has 99 heavy (non-hydrogen) atoms. The predicted molar refractivity (Wildman–Crippen MR) is 338 cm³/mol. The fraction of sp³-hybridized carbons (Fsp3) is 0.889. The molecule has 36 nitrogen and oxygen atoms in total. The van der Waals surface area contributed by atoms with E-state index in [0.717, 1.165) is 84.0 Å². The zero-order chi connectivity index (χ0) is 72.9. The summed E-state index contributed by atoms with van der Waals surface area (Å²) in [5, 5.41) is 166. The normalized spacial score (nSPS) is 39.7. The van der Waals surface area contributed by atoms with Crippen molar-refractivity contribution in [1.82, 2.24) is 26.2 Å². The molecule has 0 spiro atoms. The third kappa shape index (κ3) is 22.3. The molecule has 30 atom stereocenters. The van der Waals surface area contributed by atoms with Crippen LogP contribution in [0.25, 0.3) is 0 Å². The maximum Gasteiger partial charge on any atom is 0.222 e. The molecule has 6 saturated heterocycles. The Hall–Kier alpha value is -3.95. The number of allylic oxidation sites excluding steroid dienone is 2. The number of nitrogens with one attached hydrogen (secondary N) is 4. The minimum absolute atomic E-state index is 0.0392. The number of aliphatic hydroxyl groups is 14. The third-order valence-electron chi connectivity index (χ3n) is 18.6. The second-order valence-corrected chi connectivity index (χ2v) is 26.1. The summed E-state index contributed by atoms with van der Waals surface area (Å²) >= 11 is 0. The first kappa shape index (κ1) is 84.0. The van der Waals surface area contributed by atoms with Gasteiger partial charge in [0.25, 0.3) is 0 Å². The van der Waals surface area contributed by atoms with Crippen LogP contribution in [0.1, 0.15) is 125 Å². The molecular formula is C63H110N6O30. The summed E-state index contributed by atoms with van der Waals surface area (Å²) in [6.07, 6.45) is -24.6. The highest BCUT2D eigenvalue weighted by Gasteiger charge is 2.59. The van der Waals surface area contributed by atoms with Crippen LogP contribution in [0, 0.1) is 0 Å². The van der Waals surface area contributed by atoms with Gasteiger partial charge in [0.2, 0.25) is 29.5 Å². The maximum absolute atomic E-state index is 13.8. The highest BCUT2D eigenvalue weighted by atomic mass is 16.8. The molecule has 36 heteroatoms. The van der Waals surface area contributed by atoms with Gasteiger partial charge in [0.15, 0.2) is 37.7 Å². The minimum atomic E-state index is -2.05. The molecular weight excluding hydrogens is 1320 g/mol. The number of carbonyl (C=O) groups is 5. The van der Waals surface area contributed by atoms with Gasteiger partial charge >= 0.3 is 0 Å². The molecule has 0 radical (unpaired) electrons. The van der Waals surface area contributed by atoms with E-state index in [1.165, 1.54) is 32.7 Å². The molecule has 6 rings (SSSR count). The van der Waals surface area contributed by atoms with Gasteiger partial charge in [-0.05, 0) is 32.1 Å². The molecule has 0 bridgehead atoms. The summed E-state index contributed by atoms with van der Waals surface area (Å²) in [4.78, 5) is 65.5. The van der Waals surface area contributed by atoms with E-state index < -0.39 is 253 Å². The van der Waals surface area contributed by atoms with Crippen molar-refractivity contribution in [2.75, 3.05) is 46.7 Å². The van der Waals surface area contributed by atoms with E-state index in [0.29, 0.717) is 6.42 Å². The number of hydrogen-bond donors (Lipinski definition) is 19. The lowest BCUT2D eigenvalue weighted by Gasteiger charge is -2.52. The second-order valence-electron chi connectivity index (χ2n) is 26.1. The molecule has 0 aromatic carbocycles. The van der Waals surface area contributed by atoms with E-state index in [2.05, 4.69) is 40.3 Å². The van der Waals surface area contributed by atoms with Gasteiger partial charge in [-0.3, -0.25) is 24.0 Å². The Kier molecular flexibility index (Phi) is 34.7. The molecule has 0 aromatic heterocycles. The summed E-state index contributed by atoms with van der Waals surface area (Å²) < 4.78 is 66.2. The van der Waals surface area contributed by atoms with E-state index >= 15 is 0 Å². The number of rotatable bonds is 36. The van der Waals surface area contributed by atoms with Crippen LogP contribution < -0.4 is 27.0 Å². The van der Waals surface area contributed by atoms with Gasteiger partial charge in [0.1, 0.15) is 140 Å². The monoisotopic (exact) mass is 1430 g/mol. The molecule has 30 unspecified atom stereocenters. The van der Waals surface area contributed by atoms with Crippen molar-refractivity contribution in [2.45, 2.75) is 308 Å². The van der Waals surface area contributed by atoms with Crippen molar-refractivity contribution in [3.8, 4) is 0 Å². The standard InChI is InChI=1S/C63H110N6O30/c1-7-8-9-10-11-12-13-14-15-16-17-18-19-20-21-22-39(80)69(6)45-52(87)46(81)33(23-70)90-63(45)99-57-38(28-75)94-62(44(51(57)86)68-32(5)79)98-56-37(27-74)93-61(43(50(56)85)67-31(4)78)97-55-36(26-73)92-60(42(49(55)84)66-30(3)77)96-53-35(25-72)91-59(40(64)47(53)82)95-54-34(24-71)89-58(88)41(48(54)83)65-29(2)76/h12-13,33-38,40-63,70-75,81-88H,7-11,14-28,64H2,1-6H3,(H,65,76)(H,66,77)(H,67,78)(H,68,79). The number of hydrogen-bond acceptors (Lipinski definition) is 31. The fourth-order valence-electron chi connectivity index (χ4n) is 13.3. The Bertz CT molecular complexity index is 2490. The van der Waals surface area contributed by atoms with E-state index in [-0.39, 0.29) is 6.42 Å². The number of nitrogens with zero attached hydrogens (tertiary/aromatic N) is 1. The summed E-state index contributed by atoms with van der Waals surface area (Å²) in [5.41, 5.74) is 6.39. The second kappa shape index (κ2) is 40.9. The average molecular weight is 1430 g/mol. The molecule has 6 aliphatic heterocycles. The Morgan fingerprint density at radius 1 is 0.394 bits per heavy atom. The first-order valence-corrected chi connectivity index (χ1v) is 34.2. The van der Waals surface area contributed by atoms with E-state index in [4.69, 9.17) is 57.8 Å². The van der Waals surface area contributed by atoms with E-state index in [9.17, 15) is 95.5 Å². The molecule has 5 amide bonds. The van der Waals surface area contributed by atoms with Gasteiger partial charge in [-0.2, -0.15) is 0 Å². The highest BCUT2D eigenvalue weighted by molar-refractivity contribution is 5.76. The summed E-state index contributed by atoms with van der Waals surface area (Å²) in [6, 6.07) is -9.81. The summed E-state index contributed by atoms with van der Waals surface area (Å²) in [5.74, 6) is -3.58. The largest absolute Gasteiger partial charge is 0.394 e. The lowest BCUT2D eigenvalue weighted by atomic mass is 9.92. The number of nitrogens with two attached hydrogens (primary N) is 1. The van der Waals surface area contributed by atoms with Crippen molar-refractivity contribution >= 4 is 29.5 Å². The first-order valence-electron chi connectivity index (χ1n) is 34.2. The summed E-state index contributed by atoms with van der Waals surface area (Å²) in [7, 11) is 1.35. The van der Waals surface area contributed by atoms with Crippen LogP contribution in [0.3, 0.4) is 0 Å². The molecule has 572 valence electrons. The topological polar surface area (TPSA) is 547 Å². The summed E-state index contributed by atoms with van der Waals surface area (Å²) in [6.45, 7) is 0.781. The van der Waals surface area contributed by atoms with Crippen LogP contribution in [-0.4, -0.2) is 336 Å². The first-order chi connectivity index (χ1) is 47.2. The smallest absolute Gasteiger partial charge is 0.222 e. The molecule has 6 aliphatic rings. The van der Waals surface area contributed by atoms with Crippen molar-refractivity contribution in [1.29, 1.82) is 0 Å². The Balaban J connectivity index is 1.14. The Labute approximate surface area is 574 Å². The molecule has 0 saturated carbocycles. The van der Waals surface area contributed by atoms with Crippen molar-refractivity contribution < 1.29 is 148 Å². The van der Waals surface area contributed by atoms with Gasteiger partial charge in [0, 0.05) is 41.2 Å². The average Bonchev–Trinajstić information content (AvgIpc) is 0.772. The lowest BCUT2D eigenvalue weighted by Crippen LogP contribution is -2.72. The number of carbonyl (C=O) groups excluding carboxylic acids is 5. The number of unbranched alkanes of at least 4 members (excludes halogenated alkanes) is 11. The fourth-order valence-corrected chi connectivity index (χ4v) is 13.3. The van der Waals surface area contributed by atoms with Gasteiger partial charge in [-0.25, -0.2) is 0 Å². The Morgan fingerprint density at radius 3 is 1.10 bits per heavy atom. The number of ether oxygens (including phenoxy) is 11. The molecule has 0 aliphatic carbocycles. The van der Waals surface area contributed by atoms with Gasteiger partial charge in [0.05, 0.1) is 45.7 Å². The highest BCUT2D eigenvalue weighted by Crippen LogP contribution is 2.38. The zero-order valence-electron chi connectivity index (χ0n) is 56.9. The molecule has 20 N–H and O–H groups in total. The quantitative estimate of drug-likeness (QED) is 0.0205. The van der Waals surface area contributed by atoms with E-state index in [1.54, 1.807) is 0 Å². The predicted octanol–water partition coefficient (Wildman–Crippen LogP) is -7.06. The maximum atomic E-state index is 13.8. The molecule has 6 heterocycles. The zero-order valence-corrected chi connectivity index (χ0v) is 56.9. The molecule has 6 fully saturated rings. The number of aliphatic hydroxyl groups excluding tert-OH is 14. The van der Waals surface area contributed by atoms with Crippen molar-refractivity contribution in [3.05, 3.63) is 12.2 Å². The Morgan fingerprint density at radius 2 is 0.707 bits per heavy atom. The lowest BCUT2D eigenvalue weighted by molar-refractivity contribution is -0.370. The van der Waals surface area contributed by atoms with Crippen LogP contribution in [0.2, 0.25) is 0 Å². The SMILES string of the molecule is CCCCCCC=CCCCCCCCCCC(=O)N(C)C1C(OC2C(CO)OC(OC3C(CO)OC(OC4C(CO)OC(OC5C(CO)OC(OC6C(CO)OC(O)C(NC(C)=O)C6O)C(N)C5O)C(NC(C)=O)C4O)C(NC(C)=O)C3O)C(NC(C)=O)C2O)OC(CO)C(O)C1O. The van der Waals surface area contributed by atoms with Crippen LogP contribution in [0.5, 0.6) is 0 Å². The number of amides is 5. The minimum Gasteiger partial charge on any atom is -0.394 e. The van der Waals surface area contributed by atoms with Crippen LogP contribution >= 0.6 is 0 Å². The van der Waals surface area contributed by atoms with Crippen molar-refractivity contribution in [2.24, 2.45) is 5.73 Å². The van der Waals surface area contributed by atoms with Gasteiger partial charge in [-0.15, -0.1) is 0 Å². The number of likely N-dealkylation sites (N-methyl/N-ethyl adjacent to an activating group) is 1. The van der Waals surface area contributed by atoms with Gasteiger partial charge in [-0.1, -0.05) is 70.4 Å². The van der Waals surface area contributed by atoms with Crippen LogP contribution in [0.4, 0.5) is 0 Å².